The minimum absolute atomic E-state index is 0.00716. The van der Waals surface area contributed by atoms with Crippen molar-refractivity contribution in [3.8, 4) is 22.9 Å². The van der Waals surface area contributed by atoms with Crippen LogP contribution in [0.3, 0.4) is 0 Å². The average molecular weight is 448 g/mol. The summed E-state index contributed by atoms with van der Waals surface area (Å²) in [5.41, 5.74) is 0.871. The van der Waals surface area contributed by atoms with Crippen LogP contribution in [0.25, 0.3) is 11.4 Å². The number of amides is 2. The zero-order valence-corrected chi connectivity index (χ0v) is 18.1. The van der Waals surface area contributed by atoms with E-state index in [9.17, 15) is 9.59 Å². The normalized spacial score (nSPS) is 17.6. The summed E-state index contributed by atoms with van der Waals surface area (Å²) in [7, 11) is 0. The number of piperazine rings is 1. The van der Waals surface area contributed by atoms with E-state index in [4.69, 9.17) is 14.0 Å². The van der Waals surface area contributed by atoms with Crippen molar-refractivity contribution in [2.45, 2.75) is 18.9 Å². The van der Waals surface area contributed by atoms with E-state index in [1.165, 1.54) is 0 Å². The van der Waals surface area contributed by atoms with Crippen LogP contribution in [-0.2, 0) is 16.0 Å². The highest BCUT2D eigenvalue weighted by molar-refractivity contribution is 5.82. The largest absolute Gasteiger partial charge is 0.485 e. The van der Waals surface area contributed by atoms with Gasteiger partial charge in [-0.05, 0) is 12.1 Å². The predicted octanol–water partition coefficient (Wildman–Crippen LogP) is 2.18. The second kappa shape index (κ2) is 9.32. The van der Waals surface area contributed by atoms with Gasteiger partial charge in [-0.3, -0.25) is 9.59 Å². The van der Waals surface area contributed by atoms with E-state index >= 15 is 0 Å². The van der Waals surface area contributed by atoms with Crippen LogP contribution in [0, 0.1) is 0 Å². The zero-order chi connectivity index (χ0) is 22.6. The summed E-state index contributed by atoms with van der Waals surface area (Å²) < 4.78 is 16.8. The van der Waals surface area contributed by atoms with Gasteiger partial charge in [0.1, 0.15) is 6.61 Å². The number of hydrogen-bond donors (Lipinski definition) is 0. The highest BCUT2D eigenvalue weighted by Crippen LogP contribution is 2.31. The number of carbonyl (C=O) groups excluding carboxylic acids is 2. The Morgan fingerprint density at radius 2 is 1.61 bits per heavy atom. The number of hydrogen-bond acceptors (Lipinski definition) is 7. The lowest BCUT2D eigenvalue weighted by Gasteiger charge is -2.37. The molecule has 2 aliphatic heterocycles. The lowest BCUT2D eigenvalue weighted by Crippen LogP contribution is -2.55. The molecule has 1 unspecified atom stereocenters. The van der Waals surface area contributed by atoms with Gasteiger partial charge in [0, 0.05) is 44.6 Å². The molecule has 0 radical (unpaired) electrons. The predicted molar refractivity (Wildman–Crippen MR) is 118 cm³/mol. The summed E-state index contributed by atoms with van der Waals surface area (Å²) in [6, 6.07) is 16.9. The zero-order valence-electron chi connectivity index (χ0n) is 18.1. The van der Waals surface area contributed by atoms with Crippen LogP contribution in [0.15, 0.2) is 59.1 Å². The van der Waals surface area contributed by atoms with Gasteiger partial charge in [-0.2, -0.15) is 4.98 Å². The fourth-order valence-electron chi connectivity index (χ4n) is 3.95. The van der Waals surface area contributed by atoms with E-state index in [2.05, 4.69) is 10.1 Å². The number of rotatable bonds is 5. The fraction of sp³-hybridized carbons (Fsp3) is 0.333. The highest BCUT2D eigenvalue weighted by atomic mass is 16.6. The van der Waals surface area contributed by atoms with Gasteiger partial charge in [-0.15, -0.1) is 0 Å². The number of benzene rings is 2. The molecule has 1 fully saturated rings. The van der Waals surface area contributed by atoms with Crippen LogP contribution in [0.2, 0.25) is 0 Å². The van der Waals surface area contributed by atoms with Crippen LogP contribution < -0.4 is 9.47 Å². The van der Waals surface area contributed by atoms with Crippen molar-refractivity contribution in [2.24, 2.45) is 0 Å². The summed E-state index contributed by atoms with van der Waals surface area (Å²) >= 11 is 0. The molecular weight excluding hydrogens is 424 g/mol. The number of para-hydroxylation sites is 2. The van der Waals surface area contributed by atoms with Gasteiger partial charge in [-0.25, -0.2) is 0 Å². The summed E-state index contributed by atoms with van der Waals surface area (Å²) in [5.74, 6) is 2.07. The molecule has 2 aromatic carbocycles. The molecule has 1 atom stereocenters. The molecule has 2 amide bonds. The molecule has 2 aliphatic rings. The van der Waals surface area contributed by atoms with Crippen LogP contribution in [-0.4, -0.2) is 70.6 Å². The Labute approximate surface area is 190 Å². The van der Waals surface area contributed by atoms with Gasteiger partial charge in [-0.1, -0.05) is 47.6 Å². The Bertz CT molecular complexity index is 1120. The first-order valence-electron chi connectivity index (χ1n) is 11.0. The van der Waals surface area contributed by atoms with Crippen molar-refractivity contribution in [1.82, 2.24) is 19.9 Å². The standard InChI is InChI=1S/C24H24N4O5/c29-22(11-10-21-25-23(26-33-21)17-6-2-1-3-7-17)27-12-14-28(15-13-27)24(30)20-16-31-18-8-4-5-9-19(18)32-20/h1-9,20H,10-16H2. The van der Waals surface area contributed by atoms with E-state index in [0.29, 0.717) is 55.8 Å². The van der Waals surface area contributed by atoms with Crippen molar-refractivity contribution in [3.63, 3.8) is 0 Å². The maximum Gasteiger partial charge on any atom is 0.267 e. The van der Waals surface area contributed by atoms with Crippen molar-refractivity contribution >= 4 is 11.8 Å². The lowest BCUT2D eigenvalue weighted by molar-refractivity contribution is -0.146. The number of aryl methyl sites for hydroxylation is 1. The Balaban J connectivity index is 1.09. The third kappa shape index (κ3) is 4.67. The monoisotopic (exact) mass is 448 g/mol. The second-order valence-corrected chi connectivity index (χ2v) is 7.95. The second-order valence-electron chi connectivity index (χ2n) is 7.95. The topological polar surface area (TPSA) is 98.0 Å². The smallest absolute Gasteiger partial charge is 0.267 e. The van der Waals surface area contributed by atoms with E-state index < -0.39 is 6.10 Å². The Morgan fingerprint density at radius 1 is 0.909 bits per heavy atom. The first kappa shape index (κ1) is 21.0. The molecule has 3 heterocycles. The number of nitrogens with zero attached hydrogens (tertiary/aromatic N) is 4. The van der Waals surface area contributed by atoms with Crippen molar-refractivity contribution < 1.29 is 23.6 Å². The number of carbonyl (C=O) groups is 2. The molecular formula is C24H24N4O5. The van der Waals surface area contributed by atoms with E-state index in [1.54, 1.807) is 15.9 Å². The third-order valence-electron chi connectivity index (χ3n) is 5.78. The maximum atomic E-state index is 12.9. The maximum absolute atomic E-state index is 12.9. The van der Waals surface area contributed by atoms with Gasteiger partial charge in [0.05, 0.1) is 0 Å². The van der Waals surface area contributed by atoms with Crippen LogP contribution >= 0.6 is 0 Å². The van der Waals surface area contributed by atoms with Crippen molar-refractivity contribution in [2.75, 3.05) is 32.8 Å². The molecule has 0 N–H and O–H groups in total. The van der Waals surface area contributed by atoms with E-state index in [1.807, 2.05) is 48.5 Å². The Morgan fingerprint density at radius 3 is 2.39 bits per heavy atom. The van der Waals surface area contributed by atoms with Gasteiger partial charge in [0.25, 0.3) is 5.91 Å². The average Bonchev–Trinajstić information content (AvgIpc) is 3.36. The van der Waals surface area contributed by atoms with E-state index in [-0.39, 0.29) is 24.8 Å². The molecule has 3 aromatic rings. The minimum atomic E-state index is -0.668. The summed E-state index contributed by atoms with van der Waals surface area (Å²) in [6.07, 6.45) is -0.0101. The molecule has 0 aliphatic carbocycles. The van der Waals surface area contributed by atoms with Gasteiger partial charge in [0.15, 0.2) is 11.5 Å². The minimum Gasteiger partial charge on any atom is -0.485 e. The number of ether oxygens (including phenoxy) is 2. The molecule has 0 saturated carbocycles. The van der Waals surface area contributed by atoms with Crippen LogP contribution in [0.5, 0.6) is 11.5 Å². The van der Waals surface area contributed by atoms with Crippen molar-refractivity contribution in [1.29, 1.82) is 0 Å². The molecule has 170 valence electrons. The molecule has 9 nitrogen and oxygen atoms in total. The SMILES string of the molecule is O=C(CCc1nc(-c2ccccc2)no1)N1CCN(C(=O)C2COc3ccccc3O2)CC1. The molecule has 0 bridgehead atoms. The highest BCUT2D eigenvalue weighted by Gasteiger charge is 2.33. The summed E-state index contributed by atoms with van der Waals surface area (Å²) in [5, 5.41) is 3.99. The molecule has 33 heavy (non-hydrogen) atoms. The summed E-state index contributed by atoms with van der Waals surface area (Å²) in [6.45, 7) is 2.07. The molecule has 9 heteroatoms. The quantitative estimate of drug-likeness (QED) is 0.590. The third-order valence-corrected chi connectivity index (χ3v) is 5.78. The summed E-state index contributed by atoms with van der Waals surface area (Å²) in [4.78, 5) is 33.4. The van der Waals surface area contributed by atoms with Crippen LogP contribution in [0.4, 0.5) is 0 Å². The molecule has 0 spiro atoms. The fourth-order valence-corrected chi connectivity index (χ4v) is 3.95. The lowest BCUT2D eigenvalue weighted by atomic mass is 10.2. The Kier molecular flexibility index (Phi) is 5.93. The molecule has 1 aromatic heterocycles. The van der Waals surface area contributed by atoms with Gasteiger partial charge >= 0.3 is 0 Å². The van der Waals surface area contributed by atoms with Crippen molar-refractivity contribution in [3.05, 3.63) is 60.5 Å². The van der Waals surface area contributed by atoms with Gasteiger partial charge < -0.3 is 23.8 Å². The Hall–Kier alpha value is -3.88. The number of aromatic nitrogens is 2. The van der Waals surface area contributed by atoms with Crippen LogP contribution in [0.1, 0.15) is 12.3 Å². The first-order valence-corrected chi connectivity index (χ1v) is 11.0. The molecule has 1 saturated heterocycles. The first-order chi connectivity index (χ1) is 16.2. The van der Waals surface area contributed by atoms with E-state index in [0.717, 1.165) is 5.56 Å². The van der Waals surface area contributed by atoms with Gasteiger partial charge in [0.2, 0.25) is 23.7 Å². The molecule has 5 rings (SSSR count). The number of fused-ring (bicyclic) bond motifs is 1.